The van der Waals surface area contributed by atoms with Crippen LogP contribution in [-0.4, -0.2) is 19.7 Å². The fourth-order valence-corrected chi connectivity index (χ4v) is 1.24. The molecule has 88 valence electrons. The normalized spacial score (nSPS) is 11.9. The lowest BCUT2D eigenvalue weighted by Gasteiger charge is -2.11. The molecule has 0 unspecified atom stereocenters. The van der Waals surface area contributed by atoms with Crippen LogP contribution in [0.4, 0.5) is 0 Å². The molecule has 2 N–H and O–H groups in total. The molecule has 1 aromatic rings. The molecule has 0 radical (unpaired) electrons. The van der Waals surface area contributed by atoms with Gasteiger partial charge in [0.1, 0.15) is 11.8 Å². The third kappa shape index (κ3) is 3.24. The first kappa shape index (κ1) is 12.5. The summed E-state index contributed by atoms with van der Waals surface area (Å²) in [6.07, 6.45) is 0.793. The van der Waals surface area contributed by atoms with E-state index in [0.717, 1.165) is 17.7 Å². The molecular weight excluding hydrogens is 206 g/mol. The van der Waals surface area contributed by atoms with Crippen LogP contribution in [0.1, 0.15) is 24.9 Å². The minimum absolute atomic E-state index is 0.396. The fraction of sp³-hybridized carbons (Fsp3) is 0.417. The number of nitrogens with two attached hydrogens (primary N) is 1. The minimum Gasteiger partial charge on any atom is -0.497 e. The molecular formula is C12H17NO3. The molecule has 0 aliphatic rings. The van der Waals surface area contributed by atoms with E-state index in [2.05, 4.69) is 0 Å². The van der Waals surface area contributed by atoms with Crippen LogP contribution in [0.2, 0.25) is 0 Å². The van der Waals surface area contributed by atoms with Crippen molar-refractivity contribution in [1.82, 2.24) is 0 Å². The zero-order valence-corrected chi connectivity index (χ0v) is 9.60. The molecule has 0 amide bonds. The van der Waals surface area contributed by atoms with E-state index in [4.69, 9.17) is 15.2 Å². The topological polar surface area (TPSA) is 61.5 Å². The van der Waals surface area contributed by atoms with E-state index in [1.807, 2.05) is 6.92 Å². The van der Waals surface area contributed by atoms with Crippen LogP contribution in [0, 0.1) is 0 Å². The highest BCUT2D eigenvalue weighted by molar-refractivity contribution is 5.77. The van der Waals surface area contributed by atoms with Gasteiger partial charge in [-0.05, 0) is 24.1 Å². The van der Waals surface area contributed by atoms with Gasteiger partial charge in [-0.3, -0.25) is 0 Å². The molecule has 0 aliphatic carbocycles. The molecule has 0 aromatic heterocycles. The van der Waals surface area contributed by atoms with Crippen molar-refractivity contribution in [3.05, 3.63) is 29.8 Å². The van der Waals surface area contributed by atoms with E-state index in [1.165, 1.54) is 0 Å². The molecule has 0 spiro atoms. The van der Waals surface area contributed by atoms with E-state index in [9.17, 15) is 4.79 Å². The van der Waals surface area contributed by atoms with Gasteiger partial charge in [-0.25, -0.2) is 4.79 Å². The van der Waals surface area contributed by atoms with Gasteiger partial charge in [-0.2, -0.15) is 0 Å². The zero-order valence-electron chi connectivity index (χ0n) is 9.60. The lowest BCUT2D eigenvalue weighted by molar-refractivity contribution is -0.145. The number of esters is 1. The van der Waals surface area contributed by atoms with Gasteiger partial charge in [-0.15, -0.1) is 0 Å². The van der Waals surface area contributed by atoms with Crippen molar-refractivity contribution >= 4 is 5.97 Å². The summed E-state index contributed by atoms with van der Waals surface area (Å²) in [5, 5.41) is 0. The summed E-state index contributed by atoms with van der Waals surface area (Å²) in [6, 6.07) is 6.33. The molecule has 0 saturated carbocycles. The summed E-state index contributed by atoms with van der Waals surface area (Å²) in [5.74, 6) is 0.338. The average molecular weight is 223 g/mol. The van der Waals surface area contributed by atoms with Gasteiger partial charge in [-0.1, -0.05) is 19.1 Å². The first-order chi connectivity index (χ1) is 7.69. The number of carbonyl (C=O) groups excluding carboxylic acids is 1. The largest absolute Gasteiger partial charge is 0.497 e. The molecule has 0 heterocycles. The van der Waals surface area contributed by atoms with Crippen LogP contribution in [-0.2, 0) is 9.53 Å². The smallest absolute Gasteiger partial charge is 0.327 e. The second-order valence-electron chi connectivity index (χ2n) is 3.42. The van der Waals surface area contributed by atoms with E-state index < -0.39 is 12.0 Å². The first-order valence-electron chi connectivity index (χ1n) is 5.25. The van der Waals surface area contributed by atoms with Crippen LogP contribution in [0.25, 0.3) is 0 Å². The van der Waals surface area contributed by atoms with Crippen LogP contribution < -0.4 is 10.5 Å². The highest BCUT2D eigenvalue weighted by Gasteiger charge is 2.16. The van der Waals surface area contributed by atoms with Gasteiger partial charge in [0.05, 0.1) is 13.7 Å². The number of methoxy groups -OCH3 is 1. The number of benzene rings is 1. The molecule has 0 bridgehead atoms. The predicted molar refractivity (Wildman–Crippen MR) is 61.2 cm³/mol. The summed E-state index contributed by atoms with van der Waals surface area (Å²) in [5.41, 5.74) is 6.48. The van der Waals surface area contributed by atoms with Crippen molar-refractivity contribution in [3.8, 4) is 5.75 Å². The molecule has 0 saturated heterocycles. The molecule has 16 heavy (non-hydrogen) atoms. The van der Waals surface area contributed by atoms with Crippen molar-refractivity contribution < 1.29 is 14.3 Å². The number of carbonyl (C=O) groups is 1. The second kappa shape index (κ2) is 6.12. The fourth-order valence-electron chi connectivity index (χ4n) is 1.24. The Bertz CT molecular complexity index is 335. The Hall–Kier alpha value is -1.55. The Morgan fingerprint density at radius 1 is 1.38 bits per heavy atom. The van der Waals surface area contributed by atoms with Crippen molar-refractivity contribution in [3.63, 3.8) is 0 Å². The quantitative estimate of drug-likeness (QED) is 0.771. The lowest BCUT2D eigenvalue weighted by Crippen LogP contribution is -2.23. The van der Waals surface area contributed by atoms with Gasteiger partial charge in [0.25, 0.3) is 0 Å². The third-order valence-electron chi connectivity index (χ3n) is 2.18. The molecule has 0 fully saturated rings. The second-order valence-corrected chi connectivity index (χ2v) is 3.42. The van der Waals surface area contributed by atoms with Gasteiger partial charge >= 0.3 is 5.97 Å². The summed E-state index contributed by atoms with van der Waals surface area (Å²) >= 11 is 0. The number of ether oxygens (including phenoxy) is 2. The van der Waals surface area contributed by atoms with Gasteiger partial charge in [0.2, 0.25) is 0 Å². The number of rotatable bonds is 5. The van der Waals surface area contributed by atoms with Gasteiger partial charge < -0.3 is 15.2 Å². The third-order valence-corrected chi connectivity index (χ3v) is 2.18. The van der Waals surface area contributed by atoms with Gasteiger partial charge in [0.15, 0.2) is 0 Å². The Labute approximate surface area is 95.3 Å². The van der Waals surface area contributed by atoms with Crippen LogP contribution >= 0.6 is 0 Å². The van der Waals surface area contributed by atoms with Crippen LogP contribution in [0.3, 0.4) is 0 Å². The standard InChI is InChI=1S/C12H17NO3/c1-3-8-16-12(14)11(13)9-4-6-10(15-2)7-5-9/h4-7,11H,3,8,13H2,1-2H3/t11-/m1/s1. The van der Waals surface area contributed by atoms with E-state index in [-0.39, 0.29) is 0 Å². The van der Waals surface area contributed by atoms with E-state index in [1.54, 1.807) is 31.4 Å². The van der Waals surface area contributed by atoms with E-state index >= 15 is 0 Å². The highest BCUT2D eigenvalue weighted by atomic mass is 16.5. The van der Waals surface area contributed by atoms with Crippen LogP contribution in [0.5, 0.6) is 5.75 Å². The van der Waals surface area contributed by atoms with E-state index in [0.29, 0.717) is 6.61 Å². The Balaban J connectivity index is 2.64. The van der Waals surface area contributed by atoms with Crippen molar-refractivity contribution in [2.75, 3.05) is 13.7 Å². The Morgan fingerprint density at radius 3 is 2.50 bits per heavy atom. The maximum atomic E-state index is 11.5. The summed E-state index contributed by atoms with van der Waals surface area (Å²) in [6.45, 7) is 2.34. The summed E-state index contributed by atoms with van der Waals surface area (Å²) in [4.78, 5) is 11.5. The SMILES string of the molecule is CCCOC(=O)[C@H](N)c1ccc(OC)cc1. The first-order valence-corrected chi connectivity index (χ1v) is 5.25. The average Bonchev–Trinajstić information content (AvgIpc) is 2.35. The molecule has 1 atom stereocenters. The maximum Gasteiger partial charge on any atom is 0.327 e. The van der Waals surface area contributed by atoms with Crippen LogP contribution in [0.15, 0.2) is 24.3 Å². The minimum atomic E-state index is -0.725. The molecule has 1 aromatic carbocycles. The summed E-state index contributed by atoms with van der Waals surface area (Å²) < 4.78 is 9.99. The van der Waals surface area contributed by atoms with Gasteiger partial charge in [0, 0.05) is 0 Å². The van der Waals surface area contributed by atoms with Crippen molar-refractivity contribution in [2.45, 2.75) is 19.4 Å². The van der Waals surface area contributed by atoms with Crippen molar-refractivity contribution in [1.29, 1.82) is 0 Å². The Morgan fingerprint density at radius 2 is 2.00 bits per heavy atom. The molecule has 4 nitrogen and oxygen atoms in total. The zero-order chi connectivity index (χ0) is 12.0. The highest BCUT2D eigenvalue weighted by Crippen LogP contribution is 2.16. The molecule has 1 rings (SSSR count). The van der Waals surface area contributed by atoms with Crippen molar-refractivity contribution in [2.24, 2.45) is 5.73 Å². The molecule has 0 aliphatic heterocycles. The summed E-state index contributed by atoms with van der Waals surface area (Å²) in [7, 11) is 1.59. The molecule has 4 heteroatoms. The number of hydrogen-bond acceptors (Lipinski definition) is 4. The lowest BCUT2D eigenvalue weighted by atomic mass is 10.1. The monoisotopic (exact) mass is 223 g/mol. The Kier molecular flexibility index (Phi) is 4.79. The maximum absolute atomic E-state index is 11.5. The predicted octanol–water partition coefficient (Wildman–Crippen LogP) is 1.65. The number of hydrogen-bond donors (Lipinski definition) is 1.